The lowest BCUT2D eigenvalue weighted by atomic mass is 9.89. The summed E-state index contributed by atoms with van der Waals surface area (Å²) < 4.78 is 86.4. The van der Waals surface area contributed by atoms with Gasteiger partial charge in [-0.25, -0.2) is 28.7 Å². The van der Waals surface area contributed by atoms with Crippen LogP contribution in [0.5, 0.6) is 5.75 Å². The number of carbonyl (C=O) groups is 2. The van der Waals surface area contributed by atoms with Crippen molar-refractivity contribution in [2.45, 2.75) is 38.0 Å². The number of aliphatic carboxylic acids is 2. The zero-order valence-electron chi connectivity index (χ0n) is 27.6. The summed E-state index contributed by atoms with van der Waals surface area (Å²) in [6.07, 6.45) is -6.15. The standard InChI is InChI=1S/C27H31FN8O2.2C2HF3O2/c1-4-17-14-20(23(28)22(16-17)38-13-12-35(2)3)21(15-18-6-8-19(9-7-18)24(29)30)25-33-27(37)36(34-25)26-31-10-5-11-32-26;2*3-2(4,5)1(6)7/h5-11,14,16,21H,4,12-13,15H2,1-3H3,(H3,29,30)(H,33,34,37);2*(H,6,7). The van der Waals surface area contributed by atoms with E-state index < -0.39 is 41.7 Å². The third kappa shape index (κ3) is 12.8. The molecule has 0 saturated carbocycles. The number of alkyl halides is 6. The highest BCUT2D eigenvalue weighted by Crippen LogP contribution is 2.34. The summed E-state index contributed by atoms with van der Waals surface area (Å²) in [6, 6.07) is 12.3. The molecule has 4 rings (SSSR count). The highest BCUT2D eigenvalue weighted by atomic mass is 19.4. The predicted octanol–water partition coefficient (Wildman–Crippen LogP) is 3.92. The first-order chi connectivity index (χ1) is 24.1. The molecule has 6 N–H and O–H groups in total. The highest BCUT2D eigenvalue weighted by molar-refractivity contribution is 5.94. The van der Waals surface area contributed by atoms with Crippen LogP contribution in [-0.2, 0) is 22.4 Å². The number of carboxylic acid groups (broad SMARTS) is 2. The Morgan fingerprint density at radius 1 is 1.00 bits per heavy atom. The van der Waals surface area contributed by atoms with E-state index in [1.165, 1.54) is 12.4 Å². The minimum Gasteiger partial charge on any atom is -0.489 e. The molecule has 2 aromatic heterocycles. The molecule has 52 heavy (non-hydrogen) atoms. The molecule has 0 amide bonds. The van der Waals surface area contributed by atoms with Gasteiger partial charge in [-0.05, 0) is 50.2 Å². The van der Waals surface area contributed by atoms with Crippen LogP contribution < -0.4 is 16.2 Å². The number of ether oxygens (including phenoxy) is 1. The van der Waals surface area contributed by atoms with Crippen LogP contribution in [0, 0.1) is 11.2 Å². The Morgan fingerprint density at radius 2 is 1.54 bits per heavy atom. The number of benzene rings is 2. The number of nitrogen functional groups attached to an aromatic ring is 1. The van der Waals surface area contributed by atoms with Crippen LogP contribution in [0.25, 0.3) is 5.95 Å². The second kappa shape index (κ2) is 18.4. The zero-order chi connectivity index (χ0) is 39.4. The molecule has 14 nitrogen and oxygen atoms in total. The van der Waals surface area contributed by atoms with E-state index in [0.717, 1.165) is 15.8 Å². The summed E-state index contributed by atoms with van der Waals surface area (Å²) in [5.74, 6) is -6.17. The third-order valence-electron chi connectivity index (χ3n) is 6.60. The number of aromatic nitrogens is 5. The first kappa shape index (κ1) is 42.3. The number of hydrogen-bond acceptors (Lipinski definition) is 9. The van der Waals surface area contributed by atoms with Crippen LogP contribution in [-0.4, -0.2) is 97.2 Å². The van der Waals surface area contributed by atoms with Gasteiger partial charge in [0.15, 0.2) is 11.6 Å². The van der Waals surface area contributed by atoms with Gasteiger partial charge in [-0.2, -0.15) is 26.3 Å². The van der Waals surface area contributed by atoms with Gasteiger partial charge in [0.1, 0.15) is 18.3 Å². The quantitative estimate of drug-likeness (QED) is 0.0843. The number of likely N-dealkylation sites (N-methyl/N-ethyl adjacent to an activating group) is 1. The Bertz CT molecular complexity index is 1840. The van der Waals surface area contributed by atoms with Crippen molar-refractivity contribution in [3.05, 3.63) is 99.2 Å². The van der Waals surface area contributed by atoms with Gasteiger partial charge in [0.05, 0.1) is 5.92 Å². The van der Waals surface area contributed by atoms with Crippen molar-refractivity contribution in [1.82, 2.24) is 29.6 Å². The van der Waals surface area contributed by atoms with Gasteiger partial charge < -0.3 is 25.6 Å². The molecule has 0 bridgehead atoms. The van der Waals surface area contributed by atoms with E-state index in [-0.39, 0.29) is 23.4 Å². The molecular weight excluding hydrogens is 713 g/mol. The molecule has 0 radical (unpaired) electrons. The fraction of sp³-hybridized carbons (Fsp3) is 0.323. The van der Waals surface area contributed by atoms with Crippen LogP contribution >= 0.6 is 0 Å². The van der Waals surface area contributed by atoms with Gasteiger partial charge in [0.25, 0.3) is 5.95 Å². The average Bonchev–Trinajstić information content (AvgIpc) is 3.45. The molecule has 0 aliphatic heterocycles. The van der Waals surface area contributed by atoms with Gasteiger partial charge in [-0.1, -0.05) is 37.3 Å². The normalized spacial score (nSPS) is 11.8. The van der Waals surface area contributed by atoms with E-state index in [2.05, 4.69) is 20.1 Å². The van der Waals surface area contributed by atoms with Crippen LogP contribution in [0.3, 0.4) is 0 Å². The molecule has 1 atom stereocenters. The molecule has 0 aliphatic rings. The second-order valence-corrected chi connectivity index (χ2v) is 10.8. The van der Waals surface area contributed by atoms with E-state index in [9.17, 15) is 31.1 Å². The van der Waals surface area contributed by atoms with Gasteiger partial charge in [0.2, 0.25) is 0 Å². The minimum absolute atomic E-state index is 0.0414. The summed E-state index contributed by atoms with van der Waals surface area (Å²) in [5.41, 5.74) is 7.76. The molecule has 0 spiro atoms. The Labute approximate surface area is 290 Å². The highest BCUT2D eigenvalue weighted by Gasteiger charge is 2.39. The van der Waals surface area contributed by atoms with E-state index in [4.69, 9.17) is 35.7 Å². The van der Waals surface area contributed by atoms with Gasteiger partial charge in [-0.15, -0.1) is 9.78 Å². The Kier molecular flexibility index (Phi) is 15.0. The Hall–Kier alpha value is -5.86. The fourth-order valence-electron chi connectivity index (χ4n) is 4.02. The smallest absolute Gasteiger partial charge is 0.489 e. The molecule has 0 aliphatic carbocycles. The van der Waals surface area contributed by atoms with E-state index in [0.29, 0.717) is 37.1 Å². The lowest BCUT2D eigenvalue weighted by Gasteiger charge is -2.20. The molecule has 0 saturated heterocycles. The maximum absolute atomic E-state index is 16.0. The molecular formula is C31H33F7N8O6. The molecule has 4 aromatic rings. The Balaban J connectivity index is 0.000000564. The fourth-order valence-corrected chi connectivity index (χ4v) is 4.02. The number of H-pyrrole nitrogens is 1. The van der Waals surface area contributed by atoms with Crippen molar-refractivity contribution in [3.8, 4) is 11.7 Å². The van der Waals surface area contributed by atoms with Crippen molar-refractivity contribution < 1.29 is 55.3 Å². The molecule has 21 heteroatoms. The number of amidine groups is 1. The van der Waals surface area contributed by atoms with E-state index in [1.807, 2.05) is 38.1 Å². The van der Waals surface area contributed by atoms with E-state index >= 15 is 4.39 Å². The van der Waals surface area contributed by atoms with Crippen molar-refractivity contribution in [1.29, 1.82) is 5.41 Å². The average molecular weight is 747 g/mol. The maximum Gasteiger partial charge on any atom is 0.490 e. The number of nitrogens with zero attached hydrogens (tertiary/aromatic N) is 5. The summed E-state index contributed by atoms with van der Waals surface area (Å²) in [5, 5.41) is 26.4. The van der Waals surface area contributed by atoms with Crippen molar-refractivity contribution in [3.63, 3.8) is 0 Å². The lowest BCUT2D eigenvalue weighted by molar-refractivity contribution is -0.193. The van der Waals surface area contributed by atoms with Crippen LogP contribution in [0.15, 0.2) is 59.7 Å². The Morgan fingerprint density at radius 3 is 2.00 bits per heavy atom. The largest absolute Gasteiger partial charge is 0.490 e. The number of carboxylic acids is 2. The predicted molar refractivity (Wildman–Crippen MR) is 170 cm³/mol. The summed E-state index contributed by atoms with van der Waals surface area (Å²) in [7, 11) is 3.84. The minimum atomic E-state index is -5.08. The summed E-state index contributed by atoms with van der Waals surface area (Å²) in [4.78, 5) is 43.6. The van der Waals surface area contributed by atoms with Gasteiger partial charge in [-0.3, -0.25) is 10.4 Å². The molecule has 2 heterocycles. The van der Waals surface area contributed by atoms with Crippen molar-refractivity contribution in [2.75, 3.05) is 27.2 Å². The topological polar surface area (TPSA) is 213 Å². The van der Waals surface area contributed by atoms with Crippen LogP contribution in [0.4, 0.5) is 30.7 Å². The first-order valence-corrected chi connectivity index (χ1v) is 14.8. The number of nitrogens with two attached hydrogens (primary N) is 1. The molecule has 0 fully saturated rings. The number of aromatic amines is 1. The lowest BCUT2D eigenvalue weighted by Crippen LogP contribution is -2.21. The number of hydrogen-bond donors (Lipinski definition) is 5. The van der Waals surface area contributed by atoms with Crippen LogP contribution in [0.2, 0.25) is 0 Å². The van der Waals surface area contributed by atoms with Crippen molar-refractivity contribution in [2.24, 2.45) is 5.73 Å². The monoisotopic (exact) mass is 746 g/mol. The summed E-state index contributed by atoms with van der Waals surface area (Å²) in [6.45, 7) is 2.94. The van der Waals surface area contributed by atoms with Gasteiger partial charge >= 0.3 is 30.0 Å². The van der Waals surface area contributed by atoms with Crippen LogP contribution in [0.1, 0.15) is 40.9 Å². The van der Waals surface area contributed by atoms with Crippen molar-refractivity contribution >= 4 is 17.8 Å². The molecule has 1 unspecified atom stereocenters. The second-order valence-electron chi connectivity index (χ2n) is 10.8. The number of aryl methyl sites for hydroxylation is 1. The first-order valence-electron chi connectivity index (χ1n) is 14.8. The maximum atomic E-state index is 16.0. The number of rotatable bonds is 11. The SMILES string of the molecule is CCc1cc(OCCN(C)C)c(F)c(C(Cc2ccc(C(=N)N)cc2)c2nn(-c3ncccn3)c(=O)[nH]2)c1.O=C(O)C(F)(F)F.O=C(O)C(F)(F)F. The van der Waals surface area contributed by atoms with Gasteiger partial charge in [0, 0.05) is 30.1 Å². The summed E-state index contributed by atoms with van der Waals surface area (Å²) >= 11 is 0. The van der Waals surface area contributed by atoms with E-state index in [1.54, 1.807) is 30.3 Å². The number of halogens is 7. The molecule has 282 valence electrons. The third-order valence-corrected chi connectivity index (χ3v) is 6.60. The zero-order valence-corrected chi connectivity index (χ0v) is 27.6. The molecule has 2 aromatic carbocycles. The number of nitrogens with one attached hydrogen (secondary N) is 2.